The number of carbonyl (C=O) groups is 2. The van der Waals surface area contributed by atoms with Crippen LogP contribution in [-0.4, -0.2) is 29.3 Å². The number of carboxylic acids is 1. The molecule has 6 nitrogen and oxygen atoms in total. The molecule has 0 radical (unpaired) electrons. The summed E-state index contributed by atoms with van der Waals surface area (Å²) in [5, 5.41) is 11.6. The highest BCUT2D eigenvalue weighted by molar-refractivity contribution is 5.83. The summed E-state index contributed by atoms with van der Waals surface area (Å²) in [5.41, 5.74) is 4.83. The van der Waals surface area contributed by atoms with Gasteiger partial charge >= 0.3 is 12.1 Å². The van der Waals surface area contributed by atoms with E-state index in [-0.39, 0.29) is 13.0 Å². The number of carbonyl (C=O) groups excluding carboxylic acids is 1. The Kier molecular flexibility index (Phi) is 5.99. The molecule has 0 aliphatic heterocycles. The molecule has 0 heterocycles. The second kappa shape index (κ2) is 7.49. The number of carboxylic acid groups (broad SMARTS) is 1. The summed E-state index contributed by atoms with van der Waals surface area (Å²) in [4.78, 5) is 22.9. The van der Waals surface area contributed by atoms with Crippen molar-refractivity contribution >= 4 is 12.1 Å². The molecule has 0 aromatic heterocycles. The molecule has 0 fully saturated rings. The van der Waals surface area contributed by atoms with E-state index in [1.165, 1.54) is 6.92 Å². The molecule has 0 aliphatic carbocycles. The number of rotatable bonds is 7. The number of nitrogens with two attached hydrogens (primary N) is 1. The summed E-state index contributed by atoms with van der Waals surface area (Å²) in [6.07, 6.45) is -0.00289. The highest BCUT2D eigenvalue weighted by Crippen LogP contribution is 2.13. The predicted molar refractivity (Wildman–Crippen MR) is 74.1 cm³/mol. The summed E-state index contributed by atoms with van der Waals surface area (Å²) in [6.45, 7) is 1.90. The zero-order chi connectivity index (χ0) is 15.0. The Morgan fingerprint density at radius 2 is 2.00 bits per heavy atom. The van der Waals surface area contributed by atoms with Crippen LogP contribution in [0.2, 0.25) is 0 Å². The lowest BCUT2D eigenvalue weighted by Gasteiger charge is -2.25. The topological polar surface area (TPSA) is 102 Å². The van der Waals surface area contributed by atoms with Crippen LogP contribution in [0.15, 0.2) is 30.3 Å². The van der Waals surface area contributed by atoms with Crippen molar-refractivity contribution in [1.82, 2.24) is 5.32 Å². The summed E-state index contributed by atoms with van der Waals surface area (Å²) < 4.78 is 5.01. The zero-order valence-electron chi connectivity index (χ0n) is 11.5. The van der Waals surface area contributed by atoms with Crippen molar-refractivity contribution in [2.75, 3.05) is 6.54 Å². The summed E-state index contributed by atoms with van der Waals surface area (Å²) in [7, 11) is 0. The van der Waals surface area contributed by atoms with Gasteiger partial charge in [0.2, 0.25) is 0 Å². The Labute approximate surface area is 117 Å². The van der Waals surface area contributed by atoms with Crippen molar-refractivity contribution in [2.45, 2.75) is 31.9 Å². The van der Waals surface area contributed by atoms with E-state index in [4.69, 9.17) is 10.5 Å². The van der Waals surface area contributed by atoms with E-state index in [1.807, 2.05) is 30.3 Å². The van der Waals surface area contributed by atoms with Crippen LogP contribution >= 0.6 is 0 Å². The molecule has 6 heteroatoms. The van der Waals surface area contributed by atoms with Gasteiger partial charge in [0.05, 0.1) is 0 Å². The fourth-order valence-electron chi connectivity index (χ4n) is 1.66. The maximum Gasteiger partial charge on any atom is 0.408 e. The predicted octanol–water partition coefficient (Wildman–Crippen LogP) is 1.49. The number of aliphatic carboxylic acids is 1. The van der Waals surface area contributed by atoms with E-state index in [9.17, 15) is 14.7 Å². The second-order valence-electron chi connectivity index (χ2n) is 4.72. The summed E-state index contributed by atoms with van der Waals surface area (Å²) in [6, 6.07) is 9.16. The maximum absolute atomic E-state index is 11.7. The van der Waals surface area contributed by atoms with Crippen molar-refractivity contribution in [3.05, 3.63) is 35.9 Å². The monoisotopic (exact) mass is 280 g/mol. The first-order valence-electron chi connectivity index (χ1n) is 6.40. The number of alkyl carbamates (subject to hydrolysis) is 1. The minimum atomic E-state index is -1.37. The quantitative estimate of drug-likeness (QED) is 0.702. The zero-order valence-corrected chi connectivity index (χ0v) is 11.5. The summed E-state index contributed by atoms with van der Waals surface area (Å²) in [5.74, 6) is -1.11. The first-order chi connectivity index (χ1) is 9.48. The Balaban J connectivity index is 2.52. The average Bonchev–Trinajstić information content (AvgIpc) is 2.44. The molecule has 0 saturated carbocycles. The fourth-order valence-corrected chi connectivity index (χ4v) is 1.66. The number of hydrogen-bond donors (Lipinski definition) is 3. The molecule has 0 saturated heterocycles. The third kappa shape index (κ3) is 4.89. The van der Waals surface area contributed by atoms with Crippen LogP contribution in [0.4, 0.5) is 4.79 Å². The number of amides is 1. The van der Waals surface area contributed by atoms with Crippen LogP contribution in [0.1, 0.15) is 25.3 Å². The van der Waals surface area contributed by atoms with Crippen LogP contribution in [-0.2, 0) is 16.1 Å². The van der Waals surface area contributed by atoms with E-state index >= 15 is 0 Å². The van der Waals surface area contributed by atoms with Gasteiger partial charge in [-0.05, 0) is 31.9 Å². The van der Waals surface area contributed by atoms with Crippen molar-refractivity contribution in [1.29, 1.82) is 0 Å². The van der Waals surface area contributed by atoms with Crippen LogP contribution in [0.25, 0.3) is 0 Å². The van der Waals surface area contributed by atoms with E-state index in [0.29, 0.717) is 13.0 Å². The minimum Gasteiger partial charge on any atom is -0.480 e. The second-order valence-corrected chi connectivity index (χ2v) is 4.72. The minimum absolute atomic E-state index is 0.0965. The average molecular weight is 280 g/mol. The van der Waals surface area contributed by atoms with Crippen molar-refractivity contribution in [2.24, 2.45) is 5.73 Å². The number of ether oxygens (including phenoxy) is 1. The van der Waals surface area contributed by atoms with Crippen molar-refractivity contribution in [3.63, 3.8) is 0 Å². The van der Waals surface area contributed by atoms with Crippen LogP contribution in [0, 0.1) is 0 Å². The van der Waals surface area contributed by atoms with Gasteiger partial charge in [-0.2, -0.15) is 0 Å². The molecular formula is C14H20N2O4. The molecular weight excluding hydrogens is 260 g/mol. The van der Waals surface area contributed by atoms with Gasteiger partial charge in [0.25, 0.3) is 0 Å². The SMILES string of the molecule is C[C@@](CCCN)(NC(=O)OCc1ccccc1)C(=O)O. The third-order valence-corrected chi connectivity index (χ3v) is 2.94. The van der Waals surface area contributed by atoms with Gasteiger partial charge in [-0.25, -0.2) is 9.59 Å². The van der Waals surface area contributed by atoms with Gasteiger partial charge in [-0.15, -0.1) is 0 Å². The molecule has 0 spiro atoms. The number of nitrogens with one attached hydrogen (secondary N) is 1. The number of hydrogen-bond acceptors (Lipinski definition) is 4. The molecule has 1 aromatic carbocycles. The van der Waals surface area contributed by atoms with Crippen molar-refractivity contribution < 1.29 is 19.4 Å². The Morgan fingerprint density at radius 1 is 1.35 bits per heavy atom. The molecule has 20 heavy (non-hydrogen) atoms. The van der Waals surface area contributed by atoms with E-state index in [1.54, 1.807) is 0 Å². The molecule has 1 amide bonds. The fraction of sp³-hybridized carbons (Fsp3) is 0.429. The van der Waals surface area contributed by atoms with Crippen LogP contribution in [0.3, 0.4) is 0 Å². The number of benzene rings is 1. The lowest BCUT2D eigenvalue weighted by atomic mass is 9.96. The highest BCUT2D eigenvalue weighted by atomic mass is 16.5. The molecule has 1 aromatic rings. The van der Waals surface area contributed by atoms with E-state index in [2.05, 4.69) is 5.32 Å². The van der Waals surface area contributed by atoms with Gasteiger partial charge in [0.15, 0.2) is 0 Å². The maximum atomic E-state index is 11.7. The smallest absolute Gasteiger partial charge is 0.408 e. The van der Waals surface area contributed by atoms with Gasteiger partial charge < -0.3 is 20.9 Å². The van der Waals surface area contributed by atoms with Crippen molar-refractivity contribution in [3.8, 4) is 0 Å². The highest BCUT2D eigenvalue weighted by Gasteiger charge is 2.34. The van der Waals surface area contributed by atoms with Gasteiger partial charge in [-0.3, -0.25) is 0 Å². The molecule has 1 rings (SSSR count). The third-order valence-electron chi connectivity index (χ3n) is 2.94. The lowest BCUT2D eigenvalue weighted by molar-refractivity contribution is -0.144. The first kappa shape index (κ1) is 16.0. The van der Waals surface area contributed by atoms with Gasteiger partial charge in [0, 0.05) is 0 Å². The van der Waals surface area contributed by atoms with E-state index < -0.39 is 17.6 Å². The van der Waals surface area contributed by atoms with Crippen LogP contribution < -0.4 is 11.1 Å². The first-order valence-corrected chi connectivity index (χ1v) is 6.40. The normalized spacial score (nSPS) is 13.3. The Hall–Kier alpha value is -2.08. The lowest BCUT2D eigenvalue weighted by Crippen LogP contribution is -2.52. The molecule has 110 valence electrons. The molecule has 0 unspecified atom stereocenters. The largest absolute Gasteiger partial charge is 0.480 e. The summed E-state index contributed by atoms with van der Waals surface area (Å²) >= 11 is 0. The Bertz CT molecular complexity index is 450. The Morgan fingerprint density at radius 3 is 2.55 bits per heavy atom. The van der Waals surface area contributed by atoms with Gasteiger partial charge in [0.1, 0.15) is 12.1 Å². The molecule has 0 aliphatic rings. The van der Waals surface area contributed by atoms with E-state index in [0.717, 1.165) is 5.56 Å². The van der Waals surface area contributed by atoms with Crippen LogP contribution in [0.5, 0.6) is 0 Å². The standard InChI is InChI=1S/C14H20N2O4/c1-14(12(17)18,8-5-9-15)16-13(19)20-10-11-6-3-2-4-7-11/h2-4,6-7H,5,8-10,15H2,1H3,(H,16,19)(H,17,18)/t14-/m0/s1. The molecule has 1 atom stereocenters. The molecule has 0 bridgehead atoms. The molecule has 4 N–H and O–H groups in total. The van der Waals surface area contributed by atoms with Gasteiger partial charge in [-0.1, -0.05) is 30.3 Å².